The molecule has 0 saturated heterocycles. The van der Waals surface area contributed by atoms with E-state index in [9.17, 15) is 13.2 Å². The van der Waals surface area contributed by atoms with Gasteiger partial charge in [0.2, 0.25) is 0 Å². The van der Waals surface area contributed by atoms with Gasteiger partial charge in [-0.05, 0) is 13.8 Å². The third-order valence-corrected chi connectivity index (χ3v) is 2.94. The molecule has 0 unspecified atom stereocenters. The fourth-order valence-electron chi connectivity index (χ4n) is 1.92. The van der Waals surface area contributed by atoms with Crippen LogP contribution in [0, 0.1) is 13.8 Å². The summed E-state index contributed by atoms with van der Waals surface area (Å²) in [6.07, 6.45) is -1.67. The van der Waals surface area contributed by atoms with Gasteiger partial charge in [-0.3, -0.25) is 4.68 Å². The van der Waals surface area contributed by atoms with E-state index in [1.807, 2.05) is 6.92 Å². The predicted octanol–water partition coefficient (Wildman–Crippen LogP) is 2.37. The summed E-state index contributed by atoms with van der Waals surface area (Å²) in [5.74, 6) is 0.805. The Kier molecular flexibility index (Phi) is 3.74. The molecule has 2 heterocycles. The number of halogens is 3. The summed E-state index contributed by atoms with van der Waals surface area (Å²) in [6, 6.07) is 0. The first-order valence-corrected chi connectivity index (χ1v) is 5.97. The monoisotopic (exact) mass is 288 g/mol. The molecule has 0 fully saturated rings. The maximum absolute atomic E-state index is 12.4. The second-order valence-electron chi connectivity index (χ2n) is 4.50. The lowest BCUT2D eigenvalue weighted by Gasteiger charge is -2.11. The first-order valence-electron chi connectivity index (χ1n) is 5.97. The zero-order valence-corrected chi connectivity index (χ0v) is 11.4. The molecule has 0 aliphatic rings. The lowest BCUT2D eigenvalue weighted by molar-refractivity contribution is -0.141. The molecule has 0 bridgehead atoms. The van der Waals surface area contributed by atoms with Gasteiger partial charge in [-0.2, -0.15) is 18.3 Å². The van der Waals surface area contributed by atoms with Gasteiger partial charge in [-0.1, -0.05) is 0 Å². The summed E-state index contributed by atoms with van der Waals surface area (Å²) < 4.78 is 45.4. The maximum atomic E-state index is 12.4. The van der Waals surface area contributed by atoms with Gasteiger partial charge in [0.15, 0.2) is 5.75 Å². The molecular weight excluding hydrogens is 273 g/mol. The number of aromatic nitrogens is 4. The van der Waals surface area contributed by atoms with Crippen LogP contribution < -0.4 is 4.74 Å². The fraction of sp³-hybridized carbons (Fsp3) is 0.500. The van der Waals surface area contributed by atoms with Crippen LogP contribution in [0.25, 0.3) is 0 Å². The van der Waals surface area contributed by atoms with Crippen molar-refractivity contribution in [2.75, 3.05) is 0 Å². The highest BCUT2D eigenvalue weighted by Gasteiger charge is 2.29. The molecule has 0 atom stereocenters. The van der Waals surface area contributed by atoms with E-state index in [4.69, 9.17) is 4.74 Å². The van der Waals surface area contributed by atoms with Crippen LogP contribution in [0.2, 0.25) is 0 Å². The quantitative estimate of drug-likeness (QED) is 0.867. The molecule has 8 heteroatoms. The molecule has 20 heavy (non-hydrogen) atoms. The highest BCUT2D eigenvalue weighted by molar-refractivity contribution is 5.31. The molecule has 0 aliphatic carbocycles. The Labute approximate surface area is 114 Å². The van der Waals surface area contributed by atoms with Crippen molar-refractivity contribution < 1.29 is 17.9 Å². The van der Waals surface area contributed by atoms with E-state index in [0.29, 0.717) is 11.4 Å². The van der Waals surface area contributed by atoms with Gasteiger partial charge in [0.05, 0.1) is 5.69 Å². The summed E-state index contributed by atoms with van der Waals surface area (Å²) in [4.78, 5) is 3.89. The van der Waals surface area contributed by atoms with Crippen molar-refractivity contribution in [3.05, 3.63) is 29.6 Å². The Morgan fingerprint density at radius 1 is 1.30 bits per heavy atom. The zero-order chi connectivity index (χ0) is 14.9. The molecule has 2 aromatic heterocycles. The van der Waals surface area contributed by atoms with Crippen molar-refractivity contribution in [3.63, 3.8) is 0 Å². The third-order valence-electron chi connectivity index (χ3n) is 2.94. The average Bonchev–Trinajstić information content (AvgIpc) is 2.82. The molecular formula is C12H15F3N4O. The minimum absolute atomic E-state index is 0.0313. The number of ether oxygens (including phenoxy) is 1. The number of nitrogens with zero attached hydrogens (tertiary/aromatic N) is 4. The van der Waals surface area contributed by atoms with Gasteiger partial charge in [0.25, 0.3) is 0 Å². The first kappa shape index (κ1) is 14.4. The lowest BCUT2D eigenvalue weighted by atomic mass is 10.3. The van der Waals surface area contributed by atoms with Crippen LogP contribution >= 0.6 is 0 Å². The van der Waals surface area contributed by atoms with Crippen molar-refractivity contribution in [3.8, 4) is 5.75 Å². The molecule has 0 N–H and O–H groups in total. The Bertz CT molecular complexity index is 600. The molecule has 2 aromatic rings. The second kappa shape index (κ2) is 5.18. The van der Waals surface area contributed by atoms with E-state index >= 15 is 0 Å². The van der Waals surface area contributed by atoms with Crippen molar-refractivity contribution in [2.24, 2.45) is 7.05 Å². The van der Waals surface area contributed by atoms with Gasteiger partial charge in [0, 0.05) is 19.4 Å². The summed E-state index contributed by atoms with van der Waals surface area (Å²) in [6.45, 7) is 2.51. The van der Waals surface area contributed by atoms with Crippen LogP contribution in [0.3, 0.4) is 0 Å². The number of hydrogen-bond donors (Lipinski definition) is 0. The molecule has 0 radical (unpaired) electrons. The maximum Gasteiger partial charge on any atom is 0.406 e. The van der Waals surface area contributed by atoms with Crippen molar-refractivity contribution in [1.29, 1.82) is 0 Å². The van der Waals surface area contributed by atoms with E-state index in [0.717, 1.165) is 10.3 Å². The number of hydrogen-bond acceptors (Lipinski definition) is 3. The molecule has 0 aliphatic heterocycles. The molecule has 0 spiro atoms. The Morgan fingerprint density at radius 2 is 2.00 bits per heavy atom. The van der Waals surface area contributed by atoms with Crippen LogP contribution in [0.1, 0.15) is 17.2 Å². The van der Waals surface area contributed by atoms with Gasteiger partial charge in [-0.15, -0.1) is 0 Å². The molecule has 110 valence electrons. The van der Waals surface area contributed by atoms with Gasteiger partial charge < -0.3 is 9.30 Å². The second-order valence-corrected chi connectivity index (χ2v) is 4.50. The predicted molar refractivity (Wildman–Crippen MR) is 65.3 cm³/mol. The van der Waals surface area contributed by atoms with E-state index in [2.05, 4.69) is 10.1 Å². The van der Waals surface area contributed by atoms with E-state index in [-0.39, 0.29) is 12.4 Å². The minimum Gasteiger partial charge on any atom is -0.482 e. The minimum atomic E-state index is -4.28. The van der Waals surface area contributed by atoms with Gasteiger partial charge in [-0.25, -0.2) is 4.98 Å². The third kappa shape index (κ3) is 3.12. The molecule has 0 saturated carbocycles. The molecule has 2 rings (SSSR count). The van der Waals surface area contributed by atoms with E-state index in [1.54, 1.807) is 18.7 Å². The van der Waals surface area contributed by atoms with Crippen LogP contribution in [0.5, 0.6) is 5.75 Å². The highest BCUT2D eigenvalue weighted by Crippen LogP contribution is 2.23. The Morgan fingerprint density at radius 3 is 2.55 bits per heavy atom. The van der Waals surface area contributed by atoms with Crippen molar-refractivity contribution in [1.82, 2.24) is 19.3 Å². The van der Waals surface area contributed by atoms with Crippen LogP contribution in [0.15, 0.2) is 12.4 Å². The standard InChI is InChI=1S/C12H15F3N4O/c1-8-11(9(2)18(3)17-8)20-6-10-16-4-5-19(10)7-12(13,14)15/h4-5H,6-7H2,1-3H3. The number of aryl methyl sites for hydroxylation is 2. The summed E-state index contributed by atoms with van der Waals surface area (Å²) in [7, 11) is 1.78. The van der Waals surface area contributed by atoms with Crippen molar-refractivity contribution in [2.45, 2.75) is 33.2 Å². The summed E-state index contributed by atoms with van der Waals surface area (Å²) in [5, 5.41) is 4.18. The normalized spacial score (nSPS) is 11.9. The molecule has 5 nitrogen and oxygen atoms in total. The number of imidazole rings is 1. The average molecular weight is 288 g/mol. The number of alkyl halides is 3. The van der Waals surface area contributed by atoms with Crippen molar-refractivity contribution >= 4 is 0 Å². The SMILES string of the molecule is Cc1nn(C)c(C)c1OCc1nccn1CC(F)(F)F. The lowest BCUT2D eigenvalue weighted by Crippen LogP contribution is -2.19. The van der Waals surface area contributed by atoms with Gasteiger partial charge >= 0.3 is 6.18 Å². The highest BCUT2D eigenvalue weighted by atomic mass is 19.4. The number of rotatable bonds is 4. The largest absolute Gasteiger partial charge is 0.482 e. The van der Waals surface area contributed by atoms with Crippen LogP contribution in [-0.2, 0) is 20.2 Å². The van der Waals surface area contributed by atoms with E-state index < -0.39 is 12.7 Å². The smallest absolute Gasteiger partial charge is 0.406 e. The topological polar surface area (TPSA) is 44.9 Å². The summed E-state index contributed by atoms with van der Waals surface area (Å²) >= 11 is 0. The Balaban J connectivity index is 2.10. The summed E-state index contributed by atoms with van der Waals surface area (Å²) in [5.41, 5.74) is 1.51. The van der Waals surface area contributed by atoms with Gasteiger partial charge in [0.1, 0.15) is 24.7 Å². The molecule has 0 amide bonds. The Hall–Kier alpha value is -1.99. The fourth-order valence-corrected chi connectivity index (χ4v) is 1.92. The van der Waals surface area contributed by atoms with E-state index in [1.165, 1.54) is 12.4 Å². The molecule has 0 aromatic carbocycles. The van der Waals surface area contributed by atoms with Crippen LogP contribution in [0.4, 0.5) is 13.2 Å². The zero-order valence-electron chi connectivity index (χ0n) is 11.4. The first-order chi connectivity index (χ1) is 9.28. The van der Waals surface area contributed by atoms with Crippen LogP contribution in [-0.4, -0.2) is 25.5 Å².